The Hall–Kier alpha value is -2.07. The molecule has 2 atom stereocenters. The van der Waals surface area contributed by atoms with Gasteiger partial charge in [0.25, 0.3) is 5.91 Å². The van der Waals surface area contributed by atoms with E-state index in [1.807, 2.05) is 13.0 Å². The second-order valence-electron chi connectivity index (χ2n) is 7.48. The SMILES string of the molecule is Cc1occc1C(=O)NCc1ccccc1CN1C[C@H](C)C[C@@H](C)C1. The average molecular weight is 340 g/mol. The third kappa shape index (κ3) is 4.51. The number of hydrogen-bond acceptors (Lipinski definition) is 3. The molecule has 1 amide bonds. The fourth-order valence-electron chi connectivity index (χ4n) is 3.94. The van der Waals surface area contributed by atoms with E-state index in [4.69, 9.17) is 4.42 Å². The summed E-state index contributed by atoms with van der Waals surface area (Å²) in [6.45, 7) is 10.3. The molecule has 0 radical (unpaired) electrons. The van der Waals surface area contributed by atoms with Gasteiger partial charge < -0.3 is 9.73 Å². The van der Waals surface area contributed by atoms with E-state index < -0.39 is 0 Å². The number of nitrogens with one attached hydrogen (secondary N) is 1. The molecule has 0 unspecified atom stereocenters. The Morgan fingerprint density at radius 1 is 1.16 bits per heavy atom. The molecule has 1 aromatic heterocycles. The molecule has 2 heterocycles. The zero-order chi connectivity index (χ0) is 17.8. The summed E-state index contributed by atoms with van der Waals surface area (Å²) in [5, 5.41) is 3.02. The highest BCUT2D eigenvalue weighted by molar-refractivity contribution is 5.94. The van der Waals surface area contributed by atoms with Gasteiger partial charge in [-0.2, -0.15) is 0 Å². The van der Waals surface area contributed by atoms with Crippen LogP contribution in [0.2, 0.25) is 0 Å². The first-order chi connectivity index (χ1) is 12.0. The van der Waals surface area contributed by atoms with E-state index in [2.05, 4.69) is 42.3 Å². The predicted molar refractivity (Wildman–Crippen MR) is 99.3 cm³/mol. The number of nitrogens with zero attached hydrogens (tertiary/aromatic N) is 1. The third-order valence-electron chi connectivity index (χ3n) is 5.00. The molecule has 25 heavy (non-hydrogen) atoms. The summed E-state index contributed by atoms with van der Waals surface area (Å²) in [6, 6.07) is 10.1. The zero-order valence-corrected chi connectivity index (χ0v) is 15.4. The number of hydrogen-bond donors (Lipinski definition) is 1. The van der Waals surface area contributed by atoms with Gasteiger partial charge in [0.2, 0.25) is 0 Å². The van der Waals surface area contributed by atoms with Crippen molar-refractivity contribution in [2.45, 2.75) is 40.3 Å². The number of likely N-dealkylation sites (tertiary alicyclic amines) is 1. The lowest BCUT2D eigenvalue weighted by Crippen LogP contribution is -2.38. The Morgan fingerprint density at radius 2 is 1.84 bits per heavy atom. The number of aryl methyl sites for hydroxylation is 1. The Kier molecular flexibility index (Phi) is 5.59. The van der Waals surface area contributed by atoms with Gasteiger partial charge in [0, 0.05) is 26.2 Å². The monoisotopic (exact) mass is 340 g/mol. The highest BCUT2D eigenvalue weighted by atomic mass is 16.3. The van der Waals surface area contributed by atoms with Crippen molar-refractivity contribution in [3.63, 3.8) is 0 Å². The number of piperidine rings is 1. The van der Waals surface area contributed by atoms with Crippen LogP contribution >= 0.6 is 0 Å². The minimum absolute atomic E-state index is 0.0822. The van der Waals surface area contributed by atoms with Gasteiger partial charge in [-0.3, -0.25) is 9.69 Å². The van der Waals surface area contributed by atoms with Gasteiger partial charge in [0.05, 0.1) is 11.8 Å². The predicted octanol–water partition coefficient (Wildman–Crippen LogP) is 4.00. The van der Waals surface area contributed by atoms with E-state index in [0.717, 1.165) is 31.5 Å². The number of rotatable bonds is 5. The topological polar surface area (TPSA) is 45.5 Å². The van der Waals surface area contributed by atoms with Crippen molar-refractivity contribution in [2.75, 3.05) is 13.1 Å². The van der Waals surface area contributed by atoms with Crippen LogP contribution in [0.4, 0.5) is 0 Å². The maximum atomic E-state index is 12.3. The lowest BCUT2D eigenvalue weighted by atomic mass is 9.91. The van der Waals surface area contributed by atoms with E-state index in [1.165, 1.54) is 17.5 Å². The van der Waals surface area contributed by atoms with Gasteiger partial charge in [-0.1, -0.05) is 38.1 Å². The van der Waals surface area contributed by atoms with Crippen LogP contribution in [-0.4, -0.2) is 23.9 Å². The van der Waals surface area contributed by atoms with Crippen LogP contribution in [0.1, 0.15) is 47.5 Å². The second-order valence-corrected chi connectivity index (χ2v) is 7.48. The molecule has 0 spiro atoms. The molecule has 2 aromatic rings. The molecule has 0 saturated carbocycles. The Bertz CT molecular complexity index is 712. The first-order valence-electron chi connectivity index (χ1n) is 9.14. The molecule has 134 valence electrons. The van der Waals surface area contributed by atoms with Crippen LogP contribution in [0, 0.1) is 18.8 Å². The fraction of sp³-hybridized carbons (Fsp3) is 0.476. The molecule has 1 N–H and O–H groups in total. The third-order valence-corrected chi connectivity index (χ3v) is 5.00. The average Bonchev–Trinajstić information content (AvgIpc) is 2.99. The molecule has 1 aromatic carbocycles. The molecular formula is C21H28N2O2. The van der Waals surface area contributed by atoms with Crippen LogP contribution < -0.4 is 5.32 Å². The van der Waals surface area contributed by atoms with Crippen LogP contribution in [-0.2, 0) is 13.1 Å². The van der Waals surface area contributed by atoms with Gasteiger partial charge in [0.1, 0.15) is 5.76 Å². The largest absolute Gasteiger partial charge is 0.469 e. The summed E-state index contributed by atoms with van der Waals surface area (Å²) in [7, 11) is 0. The number of carbonyl (C=O) groups is 1. The van der Waals surface area contributed by atoms with Gasteiger partial charge in [-0.15, -0.1) is 0 Å². The van der Waals surface area contributed by atoms with Crippen LogP contribution in [0.3, 0.4) is 0 Å². The van der Waals surface area contributed by atoms with E-state index in [-0.39, 0.29) is 5.91 Å². The second kappa shape index (κ2) is 7.87. The summed E-state index contributed by atoms with van der Waals surface area (Å²) < 4.78 is 5.21. The summed E-state index contributed by atoms with van der Waals surface area (Å²) in [4.78, 5) is 14.8. The van der Waals surface area contributed by atoms with Crippen molar-refractivity contribution >= 4 is 5.91 Å². The Labute approximate surface area is 150 Å². The number of furan rings is 1. The molecule has 4 heteroatoms. The van der Waals surface area contributed by atoms with Crippen molar-refractivity contribution < 1.29 is 9.21 Å². The number of amides is 1. The van der Waals surface area contributed by atoms with Gasteiger partial charge in [-0.25, -0.2) is 0 Å². The van der Waals surface area contributed by atoms with Gasteiger partial charge >= 0.3 is 0 Å². The van der Waals surface area contributed by atoms with Gasteiger partial charge in [0.15, 0.2) is 0 Å². The molecule has 1 fully saturated rings. The van der Waals surface area contributed by atoms with Crippen molar-refractivity contribution in [1.82, 2.24) is 10.2 Å². The summed E-state index contributed by atoms with van der Waals surface area (Å²) in [5.74, 6) is 2.07. The summed E-state index contributed by atoms with van der Waals surface area (Å²) in [5.41, 5.74) is 3.09. The van der Waals surface area contributed by atoms with Crippen molar-refractivity contribution in [2.24, 2.45) is 11.8 Å². The minimum Gasteiger partial charge on any atom is -0.469 e. The molecule has 1 aliphatic heterocycles. The molecule has 1 aliphatic rings. The lowest BCUT2D eigenvalue weighted by molar-refractivity contribution is 0.0949. The van der Waals surface area contributed by atoms with Crippen molar-refractivity contribution in [3.8, 4) is 0 Å². The standard InChI is InChI=1S/C21H28N2O2/c1-15-10-16(2)13-23(12-15)14-19-7-5-4-6-18(19)11-22-21(24)20-8-9-25-17(20)3/h4-9,15-16H,10-14H2,1-3H3,(H,22,24)/t15-,16-/m1/s1. The molecule has 1 saturated heterocycles. The quantitative estimate of drug-likeness (QED) is 0.895. The fourth-order valence-corrected chi connectivity index (χ4v) is 3.94. The van der Waals surface area contributed by atoms with Crippen molar-refractivity contribution in [1.29, 1.82) is 0 Å². The summed E-state index contributed by atoms with van der Waals surface area (Å²) >= 11 is 0. The van der Waals surface area contributed by atoms with Crippen LogP contribution in [0.5, 0.6) is 0 Å². The first-order valence-corrected chi connectivity index (χ1v) is 9.14. The highest BCUT2D eigenvalue weighted by Crippen LogP contribution is 2.23. The normalized spacial score (nSPS) is 21.2. The molecule has 3 rings (SSSR count). The molecule has 4 nitrogen and oxygen atoms in total. The zero-order valence-electron chi connectivity index (χ0n) is 15.4. The lowest BCUT2D eigenvalue weighted by Gasteiger charge is -2.35. The highest BCUT2D eigenvalue weighted by Gasteiger charge is 2.22. The smallest absolute Gasteiger partial charge is 0.255 e. The molecule has 0 aliphatic carbocycles. The maximum Gasteiger partial charge on any atom is 0.255 e. The maximum absolute atomic E-state index is 12.3. The van der Waals surface area contributed by atoms with E-state index in [0.29, 0.717) is 17.9 Å². The van der Waals surface area contributed by atoms with E-state index in [9.17, 15) is 4.79 Å². The first kappa shape index (κ1) is 17.7. The van der Waals surface area contributed by atoms with Crippen LogP contribution in [0.15, 0.2) is 41.0 Å². The van der Waals surface area contributed by atoms with E-state index >= 15 is 0 Å². The Morgan fingerprint density at radius 3 is 2.48 bits per heavy atom. The van der Waals surface area contributed by atoms with Crippen molar-refractivity contribution in [3.05, 3.63) is 59.0 Å². The van der Waals surface area contributed by atoms with Gasteiger partial charge in [-0.05, 0) is 42.4 Å². The Balaban J connectivity index is 1.65. The molecule has 0 bridgehead atoms. The summed E-state index contributed by atoms with van der Waals surface area (Å²) in [6.07, 6.45) is 2.87. The number of carbonyl (C=O) groups excluding carboxylic acids is 1. The molecular weight excluding hydrogens is 312 g/mol. The number of benzene rings is 1. The minimum atomic E-state index is -0.0822. The van der Waals surface area contributed by atoms with E-state index in [1.54, 1.807) is 12.3 Å². The van der Waals surface area contributed by atoms with Crippen LogP contribution in [0.25, 0.3) is 0 Å².